The van der Waals surface area contributed by atoms with E-state index in [0.717, 1.165) is 25.3 Å². The van der Waals surface area contributed by atoms with Crippen LogP contribution in [0.4, 0.5) is 0 Å². The third-order valence-corrected chi connectivity index (χ3v) is 6.61. The molecule has 2 aromatic carbocycles. The summed E-state index contributed by atoms with van der Waals surface area (Å²) in [5, 5.41) is 0. The zero-order valence-electron chi connectivity index (χ0n) is 18.5. The minimum Gasteiger partial charge on any atom is -0.363 e. The number of likely N-dealkylation sites (N-methyl/N-ethyl adjacent to an activating group) is 1. The van der Waals surface area contributed by atoms with Crippen LogP contribution in [0, 0.1) is 6.92 Å². The molecule has 0 N–H and O–H groups in total. The molecule has 3 heteroatoms. The first-order valence-corrected chi connectivity index (χ1v) is 11.0. The Hall–Kier alpha value is -2.10. The van der Waals surface area contributed by atoms with E-state index in [0.29, 0.717) is 5.92 Å². The lowest BCUT2D eigenvalue weighted by molar-refractivity contribution is 0.148. The first-order chi connectivity index (χ1) is 13.9. The molecule has 2 aliphatic rings. The van der Waals surface area contributed by atoms with Crippen molar-refractivity contribution >= 4 is 5.70 Å². The van der Waals surface area contributed by atoms with Gasteiger partial charge in [-0.2, -0.15) is 0 Å². The number of fused-ring (bicyclic) bond motifs is 1. The van der Waals surface area contributed by atoms with Crippen LogP contribution in [0.2, 0.25) is 0 Å². The van der Waals surface area contributed by atoms with Crippen LogP contribution in [-0.2, 0) is 19.6 Å². The number of hydrogen-bond donors (Lipinski definition) is 0. The highest BCUT2D eigenvalue weighted by Crippen LogP contribution is 2.32. The molecule has 0 bridgehead atoms. The molecule has 2 heterocycles. The predicted molar refractivity (Wildman–Crippen MR) is 123 cm³/mol. The molecule has 0 radical (unpaired) electrons. The molecule has 1 fully saturated rings. The van der Waals surface area contributed by atoms with E-state index in [1.807, 2.05) is 0 Å². The lowest BCUT2D eigenvalue weighted by Gasteiger charge is -2.32. The summed E-state index contributed by atoms with van der Waals surface area (Å²) in [6, 6.07) is 13.9. The van der Waals surface area contributed by atoms with Crippen LogP contribution in [0.5, 0.6) is 0 Å². The molecule has 4 rings (SSSR count). The molecule has 0 spiro atoms. The minimum atomic E-state index is 0.538. The van der Waals surface area contributed by atoms with Crippen LogP contribution in [0.3, 0.4) is 0 Å². The fourth-order valence-electron chi connectivity index (χ4n) is 4.63. The Balaban J connectivity index is 1.45. The van der Waals surface area contributed by atoms with Gasteiger partial charge in [-0.05, 0) is 59.3 Å². The van der Waals surface area contributed by atoms with Gasteiger partial charge >= 0.3 is 0 Å². The number of nitrogens with zero attached hydrogens (tertiary/aromatic N) is 3. The molecule has 2 aromatic rings. The van der Waals surface area contributed by atoms with Crippen LogP contribution >= 0.6 is 0 Å². The molecule has 0 atom stereocenters. The molecule has 0 amide bonds. The average Bonchev–Trinajstić information content (AvgIpc) is 3.13. The van der Waals surface area contributed by atoms with Crippen molar-refractivity contribution in [1.82, 2.24) is 14.7 Å². The summed E-state index contributed by atoms with van der Waals surface area (Å²) in [4.78, 5) is 7.42. The Bertz CT molecular complexity index is 891. The van der Waals surface area contributed by atoms with Crippen molar-refractivity contribution in [3.05, 3.63) is 76.4 Å². The summed E-state index contributed by atoms with van der Waals surface area (Å²) in [7, 11) is 2.21. The molecular formula is C26H35N3. The fourth-order valence-corrected chi connectivity index (χ4v) is 4.63. The Morgan fingerprint density at radius 3 is 2.41 bits per heavy atom. The van der Waals surface area contributed by atoms with E-state index in [-0.39, 0.29) is 0 Å². The number of hydrogen-bond acceptors (Lipinski definition) is 3. The number of benzene rings is 2. The van der Waals surface area contributed by atoms with Gasteiger partial charge in [0, 0.05) is 51.5 Å². The van der Waals surface area contributed by atoms with Gasteiger partial charge in [0.2, 0.25) is 0 Å². The van der Waals surface area contributed by atoms with Gasteiger partial charge in [-0.3, -0.25) is 4.90 Å². The van der Waals surface area contributed by atoms with Crippen molar-refractivity contribution in [1.29, 1.82) is 0 Å². The first kappa shape index (κ1) is 20.2. The highest BCUT2D eigenvalue weighted by molar-refractivity contribution is 5.64. The number of rotatable bonds is 5. The highest BCUT2D eigenvalue weighted by Gasteiger charge is 2.22. The fraction of sp³-hybridized carbons (Fsp3) is 0.462. The summed E-state index contributed by atoms with van der Waals surface area (Å²) in [5.41, 5.74) is 9.55. The van der Waals surface area contributed by atoms with E-state index in [1.54, 1.807) is 0 Å². The summed E-state index contributed by atoms with van der Waals surface area (Å²) in [5.74, 6) is 0.538. The van der Waals surface area contributed by atoms with Crippen molar-refractivity contribution in [3.8, 4) is 0 Å². The van der Waals surface area contributed by atoms with Gasteiger partial charge in [-0.15, -0.1) is 0 Å². The molecule has 29 heavy (non-hydrogen) atoms. The van der Waals surface area contributed by atoms with Crippen LogP contribution in [0.1, 0.15) is 53.1 Å². The topological polar surface area (TPSA) is 9.72 Å². The average molecular weight is 390 g/mol. The zero-order valence-corrected chi connectivity index (χ0v) is 18.5. The van der Waals surface area contributed by atoms with Crippen LogP contribution in [-0.4, -0.2) is 47.9 Å². The Morgan fingerprint density at radius 2 is 1.69 bits per heavy atom. The second-order valence-corrected chi connectivity index (χ2v) is 9.21. The van der Waals surface area contributed by atoms with Crippen molar-refractivity contribution in [2.75, 3.05) is 33.2 Å². The molecule has 0 saturated carbocycles. The summed E-state index contributed by atoms with van der Waals surface area (Å²) < 4.78 is 0. The van der Waals surface area contributed by atoms with Crippen molar-refractivity contribution in [2.45, 2.75) is 46.3 Å². The van der Waals surface area contributed by atoms with Crippen molar-refractivity contribution in [2.24, 2.45) is 0 Å². The smallest absolute Gasteiger partial charge is 0.0436 e. The van der Waals surface area contributed by atoms with Gasteiger partial charge in [0.15, 0.2) is 0 Å². The number of piperazine rings is 1. The van der Waals surface area contributed by atoms with Crippen LogP contribution < -0.4 is 0 Å². The van der Waals surface area contributed by atoms with E-state index < -0.39 is 0 Å². The Morgan fingerprint density at radius 1 is 0.966 bits per heavy atom. The van der Waals surface area contributed by atoms with E-state index in [4.69, 9.17) is 0 Å². The van der Waals surface area contributed by atoms with Gasteiger partial charge in [0.05, 0.1) is 0 Å². The largest absolute Gasteiger partial charge is 0.363 e. The molecule has 3 nitrogen and oxygen atoms in total. The normalized spacial score (nSPS) is 17.8. The highest BCUT2D eigenvalue weighted by atomic mass is 15.2. The monoisotopic (exact) mass is 389 g/mol. The van der Waals surface area contributed by atoms with Crippen LogP contribution in [0.15, 0.2) is 43.0 Å². The Labute approximate surface area is 176 Å². The maximum absolute atomic E-state index is 4.46. The molecule has 1 saturated heterocycles. The standard InChI is InChI=1S/C26H35N3/c1-19(2)26-15-23(8-6-20(26)3)21(4)29-17-24-9-7-22(14-25(24)18-29)16-28-12-10-27(5)11-13-28/h6-9,14-15,19H,4,10-13,16-18H2,1-3,5H3. The van der Waals surface area contributed by atoms with E-state index in [1.165, 1.54) is 59.6 Å². The molecule has 154 valence electrons. The molecule has 0 aromatic heterocycles. The van der Waals surface area contributed by atoms with Gasteiger partial charge < -0.3 is 9.80 Å². The van der Waals surface area contributed by atoms with Gasteiger partial charge in [0.1, 0.15) is 0 Å². The van der Waals surface area contributed by atoms with Gasteiger partial charge in [0.25, 0.3) is 0 Å². The van der Waals surface area contributed by atoms with Gasteiger partial charge in [-0.25, -0.2) is 0 Å². The lowest BCUT2D eigenvalue weighted by Crippen LogP contribution is -2.43. The quantitative estimate of drug-likeness (QED) is 0.724. The summed E-state index contributed by atoms with van der Waals surface area (Å²) >= 11 is 0. The molecule has 2 aliphatic heterocycles. The van der Waals surface area contributed by atoms with E-state index in [9.17, 15) is 0 Å². The summed E-state index contributed by atoms with van der Waals surface area (Å²) in [6.07, 6.45) is 0. The maximum Gasteiger partial charge on any atom is 0.0436 e. The summed E-state index contributed by atoms with van der Waals surface area (Å²) in [6.45, 7) is 18.9. The third kappa shape index (κ3) is 4.41. The predicted octanol–water partition coefficient (Wildman–Crippen LogP) is 4.85. The third-order valence-electron chi connectivity index (χ3n) is 6.61. The molecule has 0 aliphatic carbocycles. The van der Waals surface area contributed by atoms with Crippen molar-refractivity contribution in [3.63, 3.8) is 0 Å². The van der Waals surface area contributed by atoms with E-state index >= 15 is 0 Å². The second kappa shape index (κ2) is 8.33. The zero-order chi connectivity index (χ0) is 20.5. The SMILES string of the molecule is C=C(c1ccc(C)c(C(C)C)c1)N1Cc2ccc(CN3CCN(C)CC3)cc2C1. The molecular weight excluding hydrogens is 354 g/mol. The number of aryl methyl sites for hydroxylation is 1. The van der Waals surface area contributed by atoms with E-state index in [2.05, 4.69) is 85.5 Å². The van der Waals surface area contributed by atoms with Crippen LogP contribution in [0.25, 0.3) is 5.70 Å². The van der Waals surface area contributed by atoms with Crippen molar-refractivity contribution < 1.29 is 0 Å². The lowest BCUT2D eigenvalue weighted by atomic mass is 9.95. The minimum absolute atomic E-state index is 0.538. The Kier molecular flexibility index (Phi) is 5.80. The second-order valence-electron chi connectivity index (χ2n) is 9.21. The first-order valence-electron chi connectivity index (χ1n) is 11.0. The molecule has 0 unspecified atom stereocenters. The maximum atomic E-state index is 4.46. The van der Waals surface area contributed by atoms with Gasteiger partial charge in [-0.1, -0.05) is 50.8 Å².